The summed E-state index contributed by atoms with van der Waals surface area (Å²) in [6, 6.07) is 0. The molecule has 0 unspecified atom stereocenters. The van der Waals surface area contributed by atoms with Crippen LogP contribution >= 0.6 is 0 Å². The number of hydrogen-bond acceptors (Lipinski definition) is 2. The standard InChI is InChI=1S/C12H14N2/c1-2-11-10(3-7-14-11)12(4-1)5-8-13-9-6-12/h1-4,7,13H,5-6,8-9H2. The van der Waals surface area contributed by atoms with Gasteiger partial charge in [0.25, 0.3) is 0 Å². The Hall–Kier alpha value is -1.15. The minimum Gasteiger partial charge on any atom is -0.317 e. The summed E-state index contributed by atoms with van der Waals surface area (Å²) in [5.74, 6) is 0. The van der Waals surface area contributed by atoms with Crippen LogP contribution in [0.3, 0.4) is 0 Å². The Balaban J connectivity index is 2.01. The first-order valence-electron chi connectivity index (χ1n) is 5.26. The molecule has 3 rings (SSSR count). The largest absolute Gasteiger partial charge is 0.317 e. The summed E-state index contributed by atoms with van der Waals surface area (Å²) < 4.78 is 0. The smallest absolute Gasteiger partial charge is 0.0670 e. The van der Waals surface area contributed by atoms with E-state index in [0.29, 0.717) is 0 Å². The lowest BCUT2D eigenvalue weighted by atomic mass is 9.70. The van der Waals surface area contributed by atoms with Gasteiger partial charge in [-0.3, -0.25) is 4.99 Å². The number of piperidine rings is 1. The number of nitrogens with zero attached hydrogens (tertiary/aromatic N) is 1. The van der Waals surface area contributed by atoms with Crippen LogP contribution in [-0.2, 0) is 0 Å². The van der Waals surface area contributed by atoms with Crippen molar-refractivity contribution < 1.29 is 0 Å². The van der Waals surface area contributed by atoms with Crippen molar-refractivity contribution in [3.63, 3.8) is 0 Å². The highest BCUT2D eigenvalue weighted by molar-refractivity contribution is 5.81. The highest BCUT2D eigenvalue weighted by Gasteiger charge is 2.36. The van der Waals surface area contributed by atoms with Gasteiger partial charge in [-0.1, -0.05) is 12.2 Å². The summed E-state index contributed by atoms with van der Waals surface area (Å²) in [4.78, 5) is 4.38. The summed E-state index contributed by atoms with van der Waals surface area (Å²) in [5.41, 5.74) is 2.89. The van der Waals surface area contributed by atoms with Gasteiger partial charge >= 0.3 is 0 Å². The summed E-state index contributed by atoms with van der Waals surface area (Å²) in [6.45, 7) is 2.24. The molecule has 1 saturated heterocycles. The van der Waals surface area contributed by atoms with Crippen LogP contribution < -0.4 is 5.32 Å². The summed E-state index contributed by atoms with van der Waals surface area (Å²) >= 11 is 0. The van der Waals surface area contributed by atoms with E-state index in [2.05, 4.69) is 34.6 Å². The maximum Gasteiger partial charge on any atom is 0.0670 e. The van der Waals surface area contributed by atoms with Gasteiger partial charge in [-0.15, -0.1) is 0 Å². The molecule has 14 heavy (non-hydrogen) atoms. The van der Waals surface area contributed by atoms with Crippen molar-refractivity contribution in [3.8, 4) is 0 Å². The minimum atomic E-state index is 0.284. The lowest BCUT2D eigenvalue weighted by molar-refractivity contribution is 0.326. The second-order valence-electron chi connectivity index (χ2n) is 4.18. The molecular weight excluding hydrogens is 172 g/mol. The second-order valence-corrected chi connectivity index (χ2v) is 4.18. The highest BCUT2D eigenvalue weighted by atomic mass is 14.9. The van der Waals surface area contributed by atoms with Crippen LogP contribution in [-0.4, -0.2) is 19.3 Å². The zero-order valence-electron chi connectivity index (χ0n) is 8.16. The fourth-order valence-corrected chi connectivity index (χ4v) is 2.62. The predicted molar refractivity (Wildman–Crippen MR) is 58.3 cm³/mol. The second kappa shape index (κ2) is 2.92. The van der Waals surface area contributed by atoms with Crippen molar-refractivity contribution in [2.24, 2.45) is 10.4 Å². The van der Waals surface area contributed by atoms with E-state index in [0.717, 1.165) is 13.1 Å². The number of fused-ring (bicyclic) bond motifs is 2. The molecule has 2 aliphatic heterocycles. The minimum absolute atomic E-state index is 0.284. The molecule has 1 spiro atoms. The van der Waals surface area contributed by atoms with Crippen molar-refractivity contribution >= 4 is 6.21 Å². The predicted octanol–water partition coefficient (Wildman–Crippen LogP) is 1.82. The third kappa shape index (κ3) is 1.04. The molecule has 72 valence electrons. The number of aliphatic imine (C=N–C) groups is 1. The van der Waals surface area contributed by atoms with Gasteiger partial charge in [-0.05, 0) is 43.7 Å². The monoisotopic (exact) mass is 186 g/mol. The third-order valence-corrected chi connectivity index (χ3v) is 3.43. The first-order chi connectivity index (χ1) is 6.91. The summed E-state index contributed by atoms with van der Waals surface area (Å²) in [7, 11) is 0. The van der Waals surface area contributed by atoms with Crippen LogP contribution in [0.1, 0.15) is 12.8 Å². The average Bonchev–Trinajstić information content (AvgIpc) is 2.69. The quantitative estimate of drug-likeness (QED) is 0.613. The molecule has 0 aromatic carbocycles. The van der Waals surface area contributed by atoms with Crippen molar-refractivity contribution in [1.29, 1.82) is 0 Å². The van der Waals surface area contributed by atoms with Crippen molar-refractivity contribution in [2.75, 3.05) is 13.1 Å². The number of rotatable bonds is 0. The molecule has 0 aromatic rings. The van der Waals surface area contributed by atoms with Gasteiger partial charge in [-0.2, -0.15) is 0 Å². The Labute approximate surface area is 84.1 Å². The Morgan fingerprint density at radius 2 is 2.07 bits per heavy atom. The van der Waals surface area contributed by atoms with Gasteiger partial charge in [-0.25, -0.2) is 0 Å². The molecular formula is C12H14N2. The molecule has 0 amide bonds. The number of hydrogen-bond donors (Lipinski definition) is 1. The van der Waals surface area contributed by atoms with E-state index in [1.54, 1.807) is 0 Å². The molecule has 1 aliphatic carbocycles. The SMILES string of the molecule is C1=CC2(CCNCC2)C2=CC=NC2=C1. The fraction of sp³-hybridized carbons (Fsp3) is 0.417. The summed E-state index contributed by atoms with van der Waals surface area (Å²) in [5, 5.41) is 3.41. The van der Waals surface area contributed by atoms with Crippen molar-refractivity contribution in [1.82, 2.24) is 5.32 Å². The molecule has 1 fully saturated rings. The van der Waals surface area contributed by atoms with Gasteiger partial charge in [0.1, 0.15) is 0 Å². The third-order valence-electron chi connectivity index (χ3n) is 3.43. The first-order valence-corrected chi connectivity index (χ1v) is 5.26. The topological polar surface area (TPSA) is 24.4 Å². The van der Waals surface area contributed by atoms with Crippen LogP contribution in [0.2, 0.25) is 0 Å². The molecule has 0 radical (unpaired) electrons. The average molecular weight is 186 g/mol. The van der Waals surface area contributed by atoms with Gasteiger partial charge in [0.05, 0.1) is 5.70 Å². The van der Waals surface area contributed by atoms with Crippen LogP contribution in [0.25, 0.3) is 0 Å². The van der Waals surface area contributed by atoms with E-state index in [1.807, 2.05) is 6.21 Å². The molecule has 0 bridgehead atoms. The lowest BCUT2D eigenvalue weighted by Crippen LogP contribution is -2.37. The van der Waals surface area contributed by atoms with Crippen molar-refractivity contribution in [2.45, 2.75) is 12.8 Å². The van der Waals surface area contributed by atoms with E-state index in [-0.39, 0.29) is 5.41 Å². The van der Waals surface area contributed by atoms with E-state index in [9.17, 15) is 0 Å². The maximum absolute atomic E-state index is 4.38. The van der Waals surface area contributed by atoms with E-state index in [4.69, 9.17) is 0 Å². The van der Waals surface area contributed by atoms with E-state index in [1.165, 1.54) is 24.1 Å². The Bertz CT molecular complexity index is 366. The number of nitrogens with one attached hydrogen (secondary N) is 1. The van der Waals surface area contributed by atoms with Crippen LogP contribution in [0.5, 0.6) is 0 Å². The Morgan fingerprint density at radius 1 is 1.21 bits per heavy atom. The van der Waals surface area contributed by atoms with Crippen molar-refractivity contribution in [3.05, 3.63) is 35.6 Å². The molecule has 0 saturated carbocycles. The van der Waals surface area contributed by atoms with Crippen LogP contribution in [0, 0.1) is 5.41 Å². The number of allylic oxidation sites excluding steroid dienone is 5. The molecule has 2 heteroatoms. The molecule has 0 atom stereocenters. The Kier molecular flexibility index (Phi) is 1.71. The molecule has 1 N–H and O–H groups in total. The maximum atomic E-state index is 4.38. The van der Waals surface area contributed by atoms with Gasteiger partial charge in [0.2, 0.25) is 0 Å². The zero-order chi connectivity index (χ0) is 9.43. The fourth-order valence-electron chi connectivity index (χ4n) is 2.62. The van der Waals surface area contributed by atoms with Gasteiger partial charge < -0.3 is 5.32 Å². The molecule has 0 aromatic heterocycles. The first kappa shape index (κ1) is 8.18. The molecule has 2 nitrogen and oxygen atoms in total. The van der Waals surface area contributed by atoms with E-state index < -0.39 is 0 Å². The van der Waals surface area contributed by atoms with Gasteiger partial charge in [0.15, 0.2) is 0 Å². The lowest BCUT2D eigenvalue weighted by Gasteiger charge is -2.38. The Morgan fingerprint density at radius 3 is 2.93 bits per heavy atom. The van der Waals surface area contributed by atoms with Gasteiger partial charge in [0, 0.05) is 11.6 Å². The highest BCUT2D eigenvalue weighted by Crippen LogP contribution is 2.45. The van der Waals surface area contributed by atoms with Crippen LogP contribution in [0.15, 0.2) is 40.6 Å². The summed E-state index contributed by atoms with van der Waals surface area (Å²) in [6.07, 6.45) is 13.2. The van der Waals surface area contributed by atoms with E-state index >= 15 is 0 Å². The normalized spacial score (nSPS) is 27.4. The zero-order valence-corrected chi connectivity index (χ0v) is 8.16. The van der Waals surface area contributed by atoms with Crippen LogP contribution in [0.4, 0.5) is 0 Å². The molecule has 2 heterocycles. The molecule has 3 aliphatic rings.